The van der Waals surface area contributed by atoms with Crippen molar-refractivity contribution < 1.29 is 4.74 Å². The number of para-hydroxylation sites is 1. The van der Waals surface area contributed by atoms with Crippen LogP contribution in [0.3, 0.4) is 0 Å². The summed E-state index contributed by atoms with van der Waals surface area (Å²) in [5, 5.41) is 4.39. The van der Waals surface area contributed by atoms with Gasteiger partial charge < -0.3 is 9.72 Å². The van der Waals surface area contributed by atoms with Gasteiger partial charge in [0.05, 0.1) is 12.1 Å². The second-order valence-electron chi connectivity index (χ2n) is 4.20. The van der Waals surface area contributed by atoms with Gasteiger partial charge >= 0.3 is 0 Å². The minimum atomic E-state index is 0.612. The molecule has 0 atom stereocenters. The number of aryl methyl sites for hydroxylation is 1. The third-order valence-electron chi connectivity index (χ3n) is 2.91. The van der Waals surface area contributed by atoms with Gasteiger partial charge in [0.2, 0.25) is 0 Å². The van der Waals surface area contributed by atoms with Crippen LogP contribution in [0.5, 0.6) is 5.75 Å². The Morgan fingerprint density at radius 1 is 1.37 bits per heavy atom. The monoisotopic (exact) mass is 274 g/mol. The third-order valence-corrected chi connectivity index (χ3v) is 3.19. The highest BCUT2D eigenvalue weighted by atomic mass is 32.1. The predicted octanol–water partition coefficient (Wildman–Crippen LogP) is 2.82. The highest BCUT2D eigenvalue weighted by molar-refractivity contribution is 7.71. The number of imidazole rings is 1. The van der Waals surface area contributed by atoms with E-state index in [1.165, 1.54) is 0 Å². The fourth-order valence-corrected chi connectivity index (χ4v) is 2.42. The van der Waals surface area contributed by atoms with Gasteiger partial charge in [0, 0.05) is 19.3 Å². The van der Waals surface area contributed by atoms with E-state index in [0.29, 0.717) is 11.4 Å². The summed E-state index contributed by atoms with van der Waals surface area (Å²) < 4.78 is 9.89. The van der Waals surface area contributed by atoms with Crippen LogP contribution in [0.2, 0.25) is 0 Å². The zero-order chi connectivity index (χ0) is 13.4. The molecule has 1 N–H and O–H groups in total. The zero-order valence-corrected chi connectivity index (χ0v) is 11.6. The van der Waals surface area contributed by atoms with Crippen LogP contribution in [0, 0.1) is 4.77 Å². The first-order valence-corrected chi connectivity index (χ1v) is 6.48. The fourth-order valence-electron chi connectivity index (χ4n) is 2.13. The largest absolute Gasteiger partial charge is 0.492 e. The van der Waals surface area contributed by atoms with Crippen LogP contribution in [0.15, 0.2) is 30.5 Å². The van der Waals surface area contributed by atoms with E-state index in [-0.39, 0.29) is 0 Å². The van der Waals surface area contributed by atoms with Gasteiger partial charge in [-0.05, 0) is 31.3 Å². The minimum Gasteiger partial charge on any atom is -0.492 e. The first kappa shape index (κ1) is 12.0. The molecular formula is C13H14N4OS. The van der Waals surface area contributed by atoms with Crippen LogP contribution in [0.4, 0.5) is 0 Å². The maximum absolute atomic E-state index is 5.61. The number of nitrogens with zero attached hydrogens (tertiary/aromatic N) is 3. The number of nitrogens with one attached hydrogen (secondary N) is 1. The van der Waals surface area contributed by atoms with Crippen molar-refractivity contribution in [2.75, 3.05) is 6.61 Å². The molecule has 0 amide bonds. The lowest BCUT2D eigenvalue weighted by atomic mass is 10.3. The summed E-state index contributed by atoms with van der Waals surface area (Å²) in [4.78, 5) is 3.19. The molecule has 3 rings (SSSR count). The second kappa shape index (κ2) is 4.55. The van der Waals surface area contributed by atoms with Gasteiger partial charge in [-0.3, -0.25) is 9.25 Å². The lowest BCUT2D eigenvalue weighted by molar-refractivity contribution is 0.343. The number of H-pyrrole nitrogens is 1. The Hall–Kier alpha value is -2.08. The molecule has 98 valence electrons. The van der Waals surface area contributed by atoms with Crippen LogP contribution >= 0.6 is 12.2 Å². The third kappa shape index (κ3) is 1.94. The summed E-state index contributed by atoms with van der Waals surface area (Å²) in [6.07, 6.45) is 1.89. The molecule has 0 aliphatic rings. The molecule has 0 aliphatic heterocycles. The second-order valence-corrected chi connectivity index (χ2v) is 4.58. The maximum Gasteiger partial charge on any atom is 0.184 e. The molecule has 0 spiro atoms. The summed E-state index contributed by atoms with van der Waals surface area (Å²) >= 11 is 5.39. The van der Waals surface area contributed by atoms with Gasteiger partial charge in [-0.15, -0.1) is 0 Å². The Balaban J connectivity index is 2.29. The number of ether oxygens (including phenoxy) is 1. The Bertz CT molecular complexity index is 783. The summed E-state index contributed by atoms with van der Waals surface area (Å²) in [6.45, 7) is 2.58. The molecule has 0 saturated heterocycles. The molecule has 0 unspecified atom stereocenters. The van der Waals surface area contributed by atoms with Crippen LogP contribution < -0.4 is 4.74 Å². The number of benzene rings is 1. The van der Waals surface area contributed by atoms with Crippen LogP contribution in [-0.4, -0.2) is 25.9 Å². The molecule has 0 radical (unpaired) electrons. The van der Waals surface area contributed by atoms with E-state index in [0.717, 1.165) is 22.6 Å². The topological polar surface area (TPSA) is 47.8 Å². The molecule has 6 heteroatoms. The quantitative estimate of drug-likeness (QED) is 0.747. The summed E-state index contributed by atoms with van der Waals surface area (Å²) in [6, 6.07) is 7.81. The lowest BCUT2D eigenvalue weighted by Crippen LogP contribution is -1.97. The van der Waals surface area contributed by atoms with Crippen molar-refractivity contribution in [2.24, 2.45) is 7.05 Å². The lowest BCUT2D eigenvalue weighted by Gasteiger charge is -2.04. The number of hydrogen-bond acceptors (Lipinski definition) is 3. The van der Waals surface area contributed by atoms with Crippen LogP contribution in [0.1, 0.15) is 6.92 Å². The van der Waals surface area contributed by atoms with Crippen molar-refractivity contribution in [3.05, 3.63) is 35.2 Å². The Morgan fingerprint density at radius 3 is 2.89 bits per heavy atom. The van der Waals surface area contributed by atoms with Crippen LogP contribution in [-0.2, 0) is 7.05 Å². The zero-order valence-electron chi connectivity index (χ0n) is 10.8. The van der Waals surface area contributed by atoms with Crippen molar-refractivity contribution in [1.29, 1.82) is 0 Å². The van der Waals surface area contributed by atoms with E-state index in [1.807, 2.05) is 49.0 Å². The Labute approximate surface area is 115 Å². The van der Waals surface area contributed by atoms with Gasteiger partial charge in [0.15, 0.2) is 10.6 Å². The van der Waals surface area contributed by atoms with E-state index < -0.39 is 0 Å². The standard InChI is InChI=1S/C13H14N4OS/c1-3-18-10-6-4-5-9-12(10)14-13(19)17(9)11-7-8-16(2)15-11/h4-8H,3H2,1-2H3,(H,14,19). The van der Waals surface area contributed by atoms with Gasteiger partial charge in [0.25, 0.3) is 0 Å². The SMILES string of the molecule is CCOc1cccc2c1[nH]c(=S)n2-c1ccn(C)n1. The highest BCUT2D eigenvalue weighted by Gasteiger charge is 2.11. The Kier molecular flexibility index (Phi) is 2.87. The molecule has 2 aromatic heterocycles. The molecule has 0 bridgehead atoms. The summed E-state index contributed by atoms with van der Waals surface area (Å²) in [7, 11) is 1.88. The molecule has 2 heterocycles. The van der Waals surface area contributed by atoms with Gasteiger partial charge in [-0.25, -0.2) is 0 Å². The predicted molar refractivity (Wildman–Crippen MR) is 76.4 cm³/mol. The minimum absolute atomic E-state index is 0.612. The number of rotatable bonds is 3. The van der Waals surface area contributed by atoms with Gasteiger partial charge in [0.1, 0.15) is 11.3 Å². The summed E-state index contributed by atoms with van der Waals surface area (Å²) in [5.41, 5.74) is 1.87. The molecule has 0 aliphatic carbocycles. The average molecular weight is 274 g/mol. The van der Waals surface area contributed by atoms with Crippen molar-refractivity contribution in [3.8, 4) is 11.6 Å². The van der Waals surface area contributed by atoms with E-state index in [1.54, 1.807) is 4.68 Å². The van der Waals surface area contributed by atoms with E-state index >= 15 is 0 Å². The first-order valence-electron chi connectivity index (χ1n) is 6.07. The van der Waals surface area contributed by atoms with E-state index in [4.69, 9.17) is 17.0 Å². The normalized spacial score (nSPS) is 11.1. The molecule has 1 aromatic carbocycles. The summed E-state index contributed by atoms with van der Waals surface area (Å²) in [5.74, 6) is 1.60. The number of aromatic nitrogens is 4. The smallest absolute Gasteiger partial charge is 0.184 e. The van der Waals surface area contributed by atoms with Crippen molar-refractivity contribution in [2.45, 2.75) is 6.92 Å². The molecule has 19 heavy (non-hydrogen) atoms. The van der Waals surface area contributed by atoms with Gasteiger partial charge in [-0.1, -0.05) is 6.07 Å². The first-order chi connectivity index (χ1) is 9.20. The Morgan fingerprint density at radius 2 is 2.21 bits per heavy atom. The number of aromatic amines is 1. The van der Waals surface area contributed by atoms with Crippen molar-refractivity contribution >= 4 is 23.3 Å². The van der Waals surface area contributed by atoms with Gasteiger partial charge in [-0.2, -0.15) is 5.10 Å². The maximum atomic E-state index is 5.61. The molecule has 3 aromatic rings. The van der Waals surface area contributed by atoms with Crippen molar-refractivity contribution in [3.63, 3.8) is 0 Å². The molecule has 5 nitrogen and oxygen atoms in total. The fraction of sp³-hybridized carbons (Fsp3) is 0.231. The molecule has 0 saturated carbocycles. The van der Waals surface area contributed by atoms with Crippen LogP contribution in [0.25, 0.3) is 16.9 Å². The molecule has 0 fully saturated rings. The van der Waals surface area contributed by atoms with Crippen molar-refractivity contribution in [1.82, 2.24) is 19.3 Å². The van der Waals surface area contributed by atoms with E-state index in [2.05, 4.69) is 10.1 Å². The number of fused-ring (bicyclic) bond motifs is 1. The molecular weight excluding hydrogens is 260 g/mol. The van der Waals surface area contributed by atoms with E-state index in [9.17, 15) is 0 Å². The average Bonchev–Trinajstić information content (AvgIpc) is 2.93. The highest BCUT2D eigenvalue weighted by Crippen LogP contribution is 2.26. The number of hydrogen-bond donors (Lipinski definition) is 1.